The van der Waals surface area contributed by atoms with Gasteiger partial charge in [-0.05, 0) is 92.3 Å². The minimum Gasteiger partial charge on any atom is -0.493 e. The monoisotopic (exact) mass is 700 g/mol. The molecule has 0 saturated heterocycles. The number of carbonyl (C=O) groups excluding carboxylic acids is 4. The number of unbranched alkanes of at least 4 members (excludes halogenated alkanes) is 2. The predicted octanol–water partition coefficient (Wildman–Crippen LogP) is 6.34. The molecule has 0 spiro atoms. The highest BCUT2D eigenvalue weighted by atomic mass is 16.5. The van der Waals surface area contributed by atoms with Crippen LogP contribution < -0.4 is 15.6 Å². The van der Waals surface area contributed by atoms with E-state index in [9.17, 15) is 24.0 Å². The number of esters is 1. The maximum atomic E-state index is 13.8. The average molecular weight is 701 g/mol. The summed E-state index contributed by atoms with van der Waals surface area (Å²) in [6.45, 7) is 11.3. The Morgan fingerprint density at radius 1 is 0.981 bits per heavy atom. The number of allylic oxidation sites excluding steroid dienone is 1. The molecule has 0 saturated carbocycles. The van der Waals surface area contributed by atoms with E-state index in [0.717, 1.165) is 45.4 Å². The summed E-state index contributed by atoms with van der Waals surface area (Å²) >= 11 is 0. The number of rotatable bonds is 11. The highest BCUT2D eigenvalue weighted by molar-refractivity contribution is 6.12. The van der Waals surface area contributed by atoms with Gasteiger partial charge in [0.1, 0.15) is 12.4 Å². The fourth-order valence-electron chi connectivity index (χ4n) is 7.35. The topological polar surface area (TPSA) is 137 Å². The number of hydrogen-bond donors (Lipinski definition) is 1. The number of carbonyl (C=O) groups is 4. The van der Waals surface area contributed by atoms with Crippen molar-refractivity contribution in [3.8, 4) is 17.1 Å². The Hall–Kier alpha value is -5.84. The van der Waals surface area contributed by atoms with Crippen LogP contribution in [0.2, 0.25) is 0 Å². The Bertz CT molecular complexity index is 2250. The molecule has 7 rings (SSSR count). The zero-order valence-electron chi connectivity index (χ0n) is 29.5. The molecular weight excluding hydrogens is 660 g/mol. The molecule has 1 atom stereocenters. The number of aromatic nitrogens is 2. The summed E-state index contributed by atoms with van der Waals surface area (Å²) in [4.78, 5) is 68.9. The molecule has 1 N–H and O–H groups in total. The Kier molecular flexibility index (Phi) is 9.12. The van der Waals surface area contributed by atoms with Crippen LogP contribution in [0.1, 0.15) is 85.5 Å². The van der Waals surface area contributed by atoms with E-state index >= 15 is 0 Å². The van der Waals surface area contributed by atoms with Crippen LogP contribution in [-0.2, 0) is 44.1 Å². The van der Waals surface area contributed by atoms with Gasteiger partial charge in [-0.2, -0.15) is 0 Å². The Labute approximate surface area is 300 Å². The molecule has 3 aliphatic heterocycles. The van der Waals surface area contributed by atoms with Gasteiger partial charge in [0.25, 0.3) is 17.4 Å². The van der Waals surface area contributed by atoms with E-state index in [0.29, 0.717) is 67.1 Å². The molecular formula is C41H40N4O7. The van der Waals surface area contributed by atoms with Crippen molar-refractivity contribution in [2.24, 2.45) is 0 Å². The largest absolute Gasteiger partial charge is 0.493 e. The van der Waals surface area contributed by atoms with Crippen LogP contribution in [0.4, 0.5) is 5.69 Å². The molecule has 0 unspecified atom stereocenters. The van der Waals surface area contributed by atoms with Gasteiger partial charge in [-0.3, -0.25) is 24.1 Å². The first kappa shape index (κ1) is 34.6. The van der Waals surface area contributed by atoms with Crippen LogP contribution in [0, 0.1) is 0 Å². The first-order valence-corrected chi connectivity index (χ1v) is 17.7. The number of imide groups is 1. The summed E-state index contributed by atoms with van der Waals surface area (Å²) in [5.74, 6) is -0.264. The van der Waals surface area contributed by atoms with Gasteiger partial charge in [0.2, 0.25) is 5.91 Å². The van der Waals surface area contributed by atoms with Gasteiger partial charge in [-0.15, -0.1) is 0 Å². The number of pyridine rings is 2. The van der Waals surface area contributed by atoms with Crippen LogP contribution >= 0.6 is 0 Å². The molecule has 2 aromatic carbocycles. The third-order valence-corrected chi connectivity index (χ3v) is 10.6. The fraction of sp³-hybridized carbons (Fsp3) is 0.317. The summed E-state index contributed by atoms with van der Waals surface area (Å²) in [7, 11) is 0. The van der Waals surface area contributed by atoms with Crippen molar-refractivity contribution in [1.29, 1.82) is 0 Å². The lowest BCUT2D eigenvalue weighted by molar-refractivity contribution is -0.136. The summed E-state index contributed by atoms with van der Waals surface area (Å²) in [6, 6.07) is 14.0. The normalized spacial score (nSPS) is 17.2. The van der Waals surface area contributed by atoms with E-state index < -0.39 is 11.4 Å². The first-order valence-electron chi connectivity index (χ1n) is 17.7. The van der Waals surface area contributed by atoms with E-state index in [-0.39, 0.29) is 36.3 Å². The van der Waals surface area contributed by atoms with Gasteiger partial charge < -0.3 is 19.4 Å². The van der Waals surface area contributed by atoms with Gasteiger partial charge in [0.15, 0.2) is 0 Å². The summed E-state index contributed by atoms with van der Waals surface area (Å²) in [5.41, 5.74) is 6.33. The molecule has 3 aliphatic rings. The quantitative estimate of drug-likeness (QED) is 0.0730. The minimum absolute atomic E-state index is 0.0651. The lowest BCUT2D eigenvalue weighted by atomic mass is 9.75. The number of anilines is 1. The smallest absolute Gasteiger partial charge is 0.343 e. The maximum Gasteiger partial charge on any atom is 0.343 e. The van der Waals surface area contributed by atoms with E-state index in [1.807, 2.05) is 12.1 Å². The van der Waals surface area contributed by atoms with E-state index in [1.165, 1.54) is 17.1 Å². The molecule has 4 aromatic rings. The standard InChI is InChI=1S/C41H40N4O7/c1-5-28-29-20-27(52-40(50)25-11-13-26(14-12-25)42-35(46)10-8-7-9-19-44-36(47)17-18-37(44)48)15-16-33(29)43-38-30(28)22-45-34(38)21-32-31(39(45)49)23-51-24(3)41(32,4)6-2/h11-18,20-21H,3,5-10,19,22-23H2,1-2,4H3,(H,42,46)/t41-/m0/s1. The zero-order chi connectivity index (χ0) is 36.7. The summed E-state index contributed by atoms with van der Waals surface area (Å²) < 4.78 is 13.4. The number of nitrogens with one attached hydrogen (secondary N) is 1. The molecule has 11 nitrogen and oxygen atoms in total. The van der Waals surface area contributed by atoms with Crippen LogP contribution in [0.25, 0.3) is 22.3 Å². The van der Waals surface area contributed by atoms with Crippen molar-refractivity contribution < 1.29 is 28.7 Å². The van der Waals surface area contributed by atoms with Crippen molar-refractivity contribution in [2.75, 3.05) is 11.9 Å². The van der Waals surface area contributed by atoms with Crippen LogP contribution in [0.5, 0.6) is 5.75 Å². The molecule has 0 bridgehead atoms. The van der Waals surface area contributed by atoms with Crippen LogP contribution in [0.3, 0.4) is 0 Å². The SMILES string of the molecule is C=C1OCc2c(cc3n(c2=O)Cc2c-3nc3ccc(OC(=O)c4ccc(NC(=O)CCCCCN5C(=O)C=CC5=O)cc4)cc3c2CC)[C@@]1(C)CC. The number of amides is 3. The fourth-order valence-corrected chi connectivity index (χ4v) is 7.35. The average Bonchev–Trinajstić information content (AvgIpc) is 3.67. The molecule has 0 radical (unpaired) electrons. The number of benzene rings is 2. The molecule has 5 heterocycles. The summed E-state index contributed by atoms with van der Waals surface area (Å²) in [6.07, 6.45) is 6.20. The van der Waals surface area contributed by atoms with Gasteiger partial charge in [-0.25, -0.2) is 9.78 Å². The molecule has 266 valence electrons. The predicted molar refractivity (Wildman–Crippen MR) is 196 cm³/mol. The second-order valence-corrected chi connectivity index (χ2v) is 13.6. The van der Waals surface area contributed by atoms with Gasteiger partial charge in [-0.1, -0.05) is 26.8 Å². The van der Waals surface area contributed by atoms with Gasteiger partial charge in [0, 0.05) is 47.2 Å². The van der Waals surface area contributed by atoms with Crippen LogP contribution in [0.15, 0.2) is 77.8 Å². The van der Waals surface area contributed by atoms with Crippen molar-refractivity contribution >= 4 is 40.3 Å². The lowest BCUT2D eigenvalue weighted by Crippen LogP contribution is -2.37. The number of ether oxygens (including phenoxy) is 2. The van der Waals surface area contributed by atoms with Gasteiger partial charge >= 0.3 is 5.97 Å². The van der Waals surface area contributed by atoms with Gasteiger partial charge in [0.05, 0.1) is 40.3 Å². The molecule has 3 amide bonds. The summed E-state index contributed by atoms with van der Waals surface area (Å²) in [5, 5.41) is 3.70. The Morgan fingerprint density at radius 3 is 2.44 bits per heavy atom. The number of aryl methyl sites for hydroxylation is 1. The molecule has 2 aromatic heterocycles. The van der Waals surface area contributed by atoms with Crippen molar-refractivity contribution in [3.05, 3.63) is 111 Å². The second-order valence-electron chi connectivity index (χ2n) is 13.6. The van der Waals surface area contributed by atoms with Crippen molar-refractivity contribution in [2.45, 2.75) is 77.9 Å². The highest BCUT2D eigenvalue weighted by Crippen LogP contribution is 2.44. The molecule has 52 heavy (non-hydrogen) atoms. The molecule has 0 aliphatic carbocycles. The van der Waals surface area contributed by atoms with Crippen molar-refractivity contribution in [1.82, 2.24) is 14.5 Å². The van der Waals surface area contributed by atoms with E-state index in [1.54, 1.807) is 34.9 Å². The minimum atomic E-state index is -0.540. The third-order valence-electron chi connectivity index (χ3n) is 10.6. The molecule has 11 heteroatoms. The van der Waals surface area contributed by atoms with Crippen molar-refractivity contribution in [3.63, 3.8) is 0 Å². The Morgan fingerprint density at radius 2 is 1.73 bits per heavy atom. The zero-order valence-corrected chi connectivity index (χ0v) is 29.5. The van der Waals surface area contributed by atoms with E-state index in [4.69, 9.17) is 14.5 Å². The highest BCUT2D eigenvalue weighted by Gasteiger charge is 2.39. The second kappa shape index (κ2) is 13.7. The van der Waals surface area contributed by atoms with Crippen LogP contribution in [-0.4, -0.2) is 44.7 Å². The maximum absolute atomic E-state index is 13.8. The number of fused-ring (bicyclic) bond motifs is 5. The first-order chi connectivity index (χ1) is 25.0. The van der Waals surface area contributed by atoms with E-state index in [2.05, 4.69) is 38.7 Å². The lowest BCUT2D eigenvalue weighted by Gasteiger charge is -2.37. The molecule has 0 fully saturated rings. The number of nitrogens with zero attached hydrogens (tertiary/aromatic N) is 3. The number of hydrogen-bond acceptors (Lipinski definition) is 8. The third kappa shape index (κ3) is 6.10. The Balaban J connectivity index is 1.01.